The SMILES string of the molecule is CC(C)(C)OCCCCCCC1=CC(=C2CCCC2=O)C=C1. The summed E-state index contributed by atoms with van der Waals surface area (Å²) in [4.78, 5) is 11.8. The van der Waals surface area contributed by atoms with Crippen LogP contribution in [-0.4, -0.2) is 18.0 Å². The second-order valence-electron chi connectivity index (χ2n) is 7.39. The lowest BCUT2D eigenvalue weighted by Gasteiger charge is -2.19. The molecule has 2 heteroatoms. The van der Waals surface area contributed by atoms with E-state index in [0.29, 0.717) is 5.78 Å². The highest BCUT2D eigenvalue weighted by Crippen LogP contribution is 2.29. The molecule has 122 valence electrons. The Kier molecular flexibility index (Phi) is 6.19. The molecule has 0 unspecified atom stereocenters. The number of carbonyl (C=O) groups excluding carboxylic acids is 1. The molecule has 2 rings (SSSR count). The van der Waals surface area contributed by atoms with E-state index in [9.17, 15) is 4.79 Å². The van der Waals surface area contributed by atoms with E-state index in [2.05, 4.69) is 39.0 Å². The Balaban J connectivity index is 1.63. The first kappa shape index (κ1) is 17.2. The van der Waals surface area contributed by atoms with Gasteiger partial charge in [0.25, 0.3) is 0 Å². The highest BCUT2D eigenvalue weighted by Gasteiger charge is 2.20. The highest BCUT2D eigenvalue weighted by atomic mass is 16.5. The lowest BCUT2D eigenvalue weighted by Crippen LogP contribution is -2.19. The molecular weight excluding hydrogens is 272 g/mol. The fraction of sp³-hybridized carbons (Fsp3) is 0.650. The van der Waals surface area contributed by atoms with Crippen molar-refractivity contribution in [2.45, 2.75) is 77.7 Å². The minimum absolute atomic E-state index is 0.0129. The van der Waals surface area contributed by atoms with Crippen molar-refractivity contribution in [2.24, 2.45) is 0 Å². The summed E-state index contributed by atoms with van der Waals surface area (Å²) in [6.07, 6.45) is 15.3. The number of ether oxygens (including phenoxy) is 1. The van der Waals surface area contributed by atoms with Gasteiger partial charge in [-0.15, -0.1) is 0 Å². The van der Waals surface area contributed by atoms with Gasteiger partial charge in [0.2, 0.25) is 0 Å². The number of hydrogen-bond acceptors (Lipinski definition) is 2. The van der Waals surface area contributed by atoms with Crippen LogP contribution < -0.4 is 0 Å². The average Bonchev–Trinajstić information content (AvgIpc) is 3.05. The third-order valence-electron chi connectivity index (χ3n) is 4.23. The van der Waals surface area contributed by atoms with Gasteiger partial charge in [-0.25, -0.2) is 0 Å². The molecule has 2 aliphatic rings. The molecule has 0 aromatic heterocycles. The zero-order valence-corrected chi connectivity index (χ0v) is 14.4. The van der Waals surface area contributed by atoms with Crippen LogP contribution in [-0.2, 0) is 9.53 Å². The Bertz CT molecular complexity index is 486. The molecule has 0 bridgehead atoms. The van der Waals surface area contributed by atoms with Gasteiger partial charge in [-0.1, -0.05) is 31.1 Å². The monoisotopic (exact) mass is 302 g/mol. The van der Waals surface area contributed by atoms with Gasteiger partial charge in [-0.3, -0.25) is 4.79 Å². The standard InChI is InChI=1S/C20H30O2/c1-20(2,3)22-14-7-5-4-6-9-16-12-13-17(15-16)18-10-8-11-19(18)21/h12-13,15H,4-11,14H2,1-3H3. The largest absolute Gasteiger partial charge is 0.376 e. The van der Waals surface area contributed by atoms with Crippen LogP contribution in [0.2, 0.25) is 0 Å². The molecule has 22 heavy (non-hydrogen) atoms. The Hall–Kier alpha value is -1.15. The fourth-order valence-electron chi connectivity index (χ4n) is 3.02. The minimum atomic E-state index is -0.0129. The van der Waals surface area contributed by atoms with Crippen LogP contribution >= 0.6 is 0 Å². The lowest BCUT2D eigenvalue weighted by molar-refractivity contribution is -0.114. The first-order valence-corrected chi connectivity index (χ1v) is 8.75. The zero-order chi connectivity index (χ0) is 16.0. The molecule has 0 aliphatic heterocycles. The van der Waals surface area contributed by atoms with E-state index >= 15 is 0 Å². The molecule has 0 N–H and O–H groups in total. The molecule has 0 radical (unpaired) electrons. The third kappa shape index (κ3) is 5.57. The van der Waals surface area contributed by atoms with E-state index in [1.54, 1.807) is 0 Å². The molecule has 2 aliphatic carbocycles. The number of Topliss-reactive ketones (excluding diaryl/α,β-unsaturated/α-hetero) is 1. The summed E-state index contributed by atoms with van der Waals surface area (Å²) in [6, 6.07) is 0. The summed E-state index contributed by atoms with van der Waals surface area (Å²) >= 11 is 0. The maximum atomic E-state index is 11.8. The Morgan fingerprint density at radius 1 is 1.05 bits per heavy atom. The average molecular weight is 302 g/mol. The Morgan fingerprint density at radius 3 is 2.50 bits per heavy atom. The van der Waals surface area contributed by atoms with Crippen LogP contribution in [0.1, 0.15) is 72.1 Å². The van der Waals surface area contributed by atoms with Gasteiger partial charge in [-0.2, -0.15) is 0 Å². The molecule has 0 saturated heterocycles. The molecular formula is C20H30O2. The number of hydrogen-bond donors (Lipinski definition) is 0. The minimum Gasteiger partial charge on any atom is -0.376 e. The molecule has 1 fully saturated rings. The Morgan fingerprint density at radius 2 is 1.82 bits per heavy atom. The van der Waals surface area contributed by atoms with Crippen LogP contribution in [0.5, 0.6) is 0 Å². The van der Waals surface area contributed by atoms with Crippen LogP contribution in [0.3, 0.4) is 0 Å². The van der Waals surface area contributed by atoms with Gasteiger partial charge in [0.05, 0.1) is 5.60 Å². The summed E-state index contributed by atoms with van der Waals surface area (Å²) in [7, 11) is 0. The molecule has 0 spiro atoms. The van der Waals surface area contributed by atoms with E-state index in [4.69, 9.17) is 4.74 Å². The van der Waals surface area contributed by atoms with Crippen molar-refractivity contribution in [1.29, 1.82) is 0 Å². The van der Waals surface area contributed by atoms with Crippen molar-refractivity contribution in [2.75, 3.05) is 6.61 Å². The normalized spacial score (nSPS) is 21.8. The molecule has 2 nitrogen and oxygen atoms in total. The van der Waals surface area contributed by atoms with E-state index in [0.717, 1.165) is 44.3 Å². The van der Waals surface area contributed by atoms with Crippen LogP contribution in [0.4, 0.5) is 0 Å². The second-order valence-corrected chi connectivity index (χ2v) is 7.39. The number of allylic oxidation sites excluding steroid dienone is 6. The van der Waals surface area contributed by atoms with Crippen molar-refractivity contribution >= 4 is 5.78 Å². The number of carbonyl (C=O) groups is 1. The van der Waals surface area contributed by atoms with Gasteiger partial charge in [-0.05, 0) is 64.0 Å². The quantitative estimate of drug-likeness (QED) is 0.471. The van der Waals surface area contributed by atoms with Crippen molar-refractivity contribution in [3.8, 4) is 0 Å². The molecule has 0 aromatic rings. The summed E-state index contributed by atoms with van der Waals surface area (Å²) in [5.74, 6) is 0.357. The van der Waals surface area contributed by atoms with E-state index < -0.39 is 0 Å². The summed E-state index contributed by atoms with van der Waals surface area (Å²) in [5, 5.41) is 0. The first-order valence-electron chi connectivity index (χ1n) is 8.75. The maximum Gasteiger partial charge on any atom is 0.159 e. The highest BCUT2D eigenvalue weighted by molar-refractivity contribution is 5.99. The van der Waals surface area contributed by atoms with Crippen LogP contribution in [0.15, 0.2) is 34.9 Å². The van der Waals surface area contributed by atoms with Crippen molar-refractivity contribution in [3.63, 3.8) is 0 Å². The Labute approximate surface area is 135 Å². The molecule has 0 aromatic carbocycles. The lowest BCUT2D eigenvalue weighted by atomic mass is 10.1. The smallest absolute Gasteiger partial charge is 0.159 e. The van der Waals surface area contributed by atoms with Gasteiger partial charge < -0.3 is 4.74 Å². The fourth-order valence-corrected chi connectivity index (χ4v) is 3.02. The van der Waals surface area contributed by atoms with Gasteiger partial charge >= 0.3 is 0 Å². The molecule has 1 saturated carbocycles. The number of rotatable bonds is 7. The maximum absolute atomic E-state index is 11.8. The van der Waals surface area contributed by atoms with E-state index in [1.165, 1.54) is 30.4 Å². The number of ketones is 1. The van der Waals surface area contributed by atoms with Crippen molar-refractivity contribution in [3.05, 3.63) is 34.9 Å². The molecule has 0 heterocycles. The van der Waals surface area contributed by atoms with Gasteiger partial charge in [0.15, 0.2) is 5.78 Å². The summed E-state index contributed by atoms with van der Waals surface area (Å²) in [6.45, 7) is 7.18. The molecule has 0 amide bonds. The van der Waals surface area contributed by atoms with Crippen LogP contribution in [0.25, 0.3) is 0 Å². The topological polar surface area (TPSA) is 26.3 Å². The molecule has 0 atom stereocenters. The second kappa shape index (κ2) is 7.92. The predicted octanol–water partition coefficient (Wildman–Crippen LogP) is 5.30. The van der Waals surface area contributed by atoms with Crippen molar-refractivity contribution < 1.29 is 9.53 Å². The summed E-state index contributed by atoms with van der Waals surface area (Å²) < 4.78 is 5.73. The van der Waals surface area contributed by atoms with E-state index in [-0.39, 0.29) is 5.60 Å². The predicted molar refractivity (Wildman–Crippen MR) is 91.9 cm³/mol. The van der Waals surface area contributed by atoms with Crippen LogP contribution in [0, 0.1) is 0 Å². The van der Waals surface area contributed by atoms with E-state index in [1.807, 2.05) is 0 Å². The third-order valence-corrected chi connectivity index (χ3v) is 4.23. The van der Waals surface area contributed by atoms with Crippen molar-refractivity contribution in [1.82, 2.24) is 0 Å². The number of unbranched alkanes of at least 4 members (excludes halogenated alkanes) is 3. The van der Waals surface area contributed by atoms with Gasteiger partial charge in [0, 0.05) is 18.6 Å². The zero-order valence-electron chi connectivity index (χ0n) is 14.4. The van der Waals surface area contributed by atoms with Gasteiger partial charge in [0.1, 0.15) is 0 Å². The summed E-state index contributed by atoms with van der Waals surface area (Å²) in [5.41, 5.74) is 3.61. The first-order chi connectivity index (χ1) is 10.5.